The molecule has 0 aliphatic carbocycles. The number of H-pyrrole nitrogens is 1. The Labute approximate surface area is 160 Å². The van der Waals surface area contributed by atoms with E-state index in [1.165, 1.54) is 0 Å². The number of aromatic nitrogens is 3. The summed E-state index contributed by atoms with van der Waals surface area (Å²) >= 11 is 6.41. The Morgan fingerprint density at radius 2 is 2.04 bits per heavy atom. The minimum Gasteiger partial charge on any atom is -0.372 e. The van der Waals surface area contributed by atoms with E-state index in [1.807, 2.05) is 25.1 Å². The average Bonchev–Trinajstić information content (AvgIpc) is 3.01. The molecule has 0 radical (unpaired) electrons. The number of benzene rings is 1. The highest BCUT2D eigenvalue weighted by molar-refractivity contribution is 6.34. The van der Waals surface area contributed by atoms with Crippen molar-refractivity contribution in [2.75, 3.05) is 6.54 Å². The predicted molar refractivity (Wildman–Crippen MR) is 104 cm³/mol. The van der Waals surface area contributed by atoms with Gasteiger partial charge in [0.2, 0.25) is 6.43 Å². The number of hydrogen-bond donors (Lipinski definition) is 3. The highest BCUT2D eigenvalue weighted by Gasteiger charge is 2.10. The smallest absolute Gasteiger partial charge is 0.240 e. The van der Waals surface area contributed by atoms with E-state index in [9.17, 15) is 8.78 Å². The Bertz CT molecular complexity index is 937. The number of aryl methyl sites for hydroxylation is 1. The molecule has 0 spiro atoms. The van der Waals surface area contributed by atoms with Gasteiger partial charge in [-0.05, 0) is 25.1 Å². The Hall–Kier alpha value is -2.67. The first-order valence-electron chi connectivity index (χ1n) is 8.47. The number of rotatable bonds is 8. The molecule has 0 saturated carbocycles. The fourth-order valence-electron chi connectivity index (χ4n) is 2.63. The van der Waals surface area contributed by atoms with Crippen LogP contribution in [0.2, 0.25) is 5.02 Å². The maximum Gasteiger partial charge on any atom is 0.240 e. The monoisotopic (exact) mass is 391 g/mol. The molecular formula is C19H20ClF2N5. The van der Waals surface area contributed by atoms with Crippen LogP contribution in [0.5, 0.6) is 0 Å². The first kappa shape index (κ1) is 19.1. The minimum atomic E-state index is -2.32. The molecule has 3 N–H and O–H groups in total. The van der Waals surface area contributed by atoms with E-state index in [0.717, 1.165) is 27.9 Å². The molecule has 5 nitrogen and oxygen atoms in total. The van der Waals surface area contributed by atoms with Crippen molar-refractivity contribution in [1.29, 1.82) is 0 Å². The van der Waals surface area contributed by atoms with Gasteiger partial charge in [0.1, 0.15) is 0 Å². The molecule has 0 atom stereocenters. The van der Waals surface area contributed by atoms with Gasteiger partial charge in [0.25, 0.3) is 0 Å². The standard InChI is InChI=1S/C19H20ClF2N5/c1-11-8-26-18(10-24-11)15-7-17-13(6-16(15)20)5-14(27-17)9-25-12(2)23-4-3-19(21)22/h5-8,10,19,23,25,27H,2-4,9H2,1H3. The molecule has 27 heavy (non-hydrogen) atoms. The fourth-order valence-corrected chi connectivity index (χ4v) is 2.90. The lowest BCUT2D eigenvalue weighted by Gasteiger charge is -2.11. The van der Waals surface area contributed by atoms with E-state index in [1.54, 1.807) is 12.4 Å². The third-order valence-corrected chi connectivity index (χ3v) is 4.33. The molecule has 142 valence electrons. The summed E-state index contributed by atoms with van der Waals surface area (Å²) in [7, 11) is 0. The van der Waals surface area contributed by atoms with Crippen molar-refractivity contribution in [2.24, 2.45) is 0 Å². The molecule has 0 bridgehead atoms. The molecule has 1 aromatic carbocycles. The van der Waals surface area contributed by atoms with E-state index in [-0.39, 0.29) is 13.0 Å². The van der Waals surface area contributed by atoms with Gasteiger partial charge in [0.15, 0.2) is 0 Å². The second kappa shape index (κ2) is 8.35. The number of nitrogens with one attached hydrogen (secondary N) is 3. The predicted octanol–water partition coefficient (Wildman–Crippen LogP) is 4.39. The van der Waals surface area contributed by atoms with Crippen LogP contribution in [-0.2, 0) is 6.54 Å². The lowest BCUT2D eigenvalue weighted by atomic mass is 10.1. The summed E-state index contributed by atoms with van der Waals surface area (Å²) < 4.78 is 24.3. The first-order chi connectivity index (χ1) is 12.9. The molecule has 3 aromatic rings. The van der Waals surface area contributed by atoms with E-state index in [2.05, 4.69) is 32.2 Å². The second-order valence-electron chi connectivity index (χ2n) is 6.20. The van der Waals surface area contributed by atoms with Crippen LogP contribution in [0.15, 0.2) is 43.0 Å². The van der Waals surface area contributed by atoms with Gasteiger partial charge in [-0.25, -0.2) is 8.78 Å². The lowest BCUT2D eigenvalue weighted by Crippen LogP contribution is -2.26. The number of alkyl halides is 2. The fraction of sp³-hybridized carbons (Fsp3) is 0.263. The second-order valence-corrected chi connectivity index (χ2v) is 6.60. The van der Waals surface area contributed by atoms with E-state index < -0.39 is 6.43 Å². The third kappa shape index (κ3) is 4.95. The maximum absolute atomic E-state index is 12.1. The highest BCUT2D eigenvalue weighted by atomic mass is 35.5. The van der Waals surface area contributed by atoms with Crippen LogP contribution in [0.3, 0.4) is 0 Å². The van der Waals surface area contributed by atoms with Crippen LogP contribution in [0.1, 0.15) is 17.8 Å². The van der Waals surface area contributed by atoms with Gasteiger partial charge in [-0.2, -0.15) is 0 Å². The number of halogens is 3. The number of hydrogen-bond acceptors (Lipinski definition) is 4. The van der Waals surface area contributed by atoms with Crippen LogP contribution < -0.4 is 10.6 Å². The molecule has 0 fully saturated rings. The summed E-state index contributed by atoms with van der Waals surface area (Å²) in [6.07, 6.45) is 0.863. The van der Waals surface area contributed by atoms with Crippen molar-refractivity contribution in [1.82, 2.24) is 25.6 Å². The Balaban J connectivity index is 1.70. The molecular weight excluding hydrogens is 372 g/mol. The average molecular weight is 392 g/mol. The summed E-state index contributed by atoms with van der Waals surface area (Å²) in [6.45, 7) is 6.31. The van der Waals surface area contributed by atoms with Gasteiger partial charge in [-0.1, -0.05) is 18.2 Å². The maximum atomic E-state index is 12.1. The van der Waals surface area contributed by atoms with Crippen molar-refractivity contribution >= 4 is 22.5 Å². The molecule has 2 heterocycles. The highest BCUT2D eigenvalue weighted by Crippen LogP contribution is 2.31. The van der Waals surface area contributed by atoms with Crippen molar-refractivity contribution < 1.29 is 8.78 Å². The van der Waals surface area contributed by atoms with Crippen LogP contribution in [0.25, 0.3) is 22.2 Å². The lowest BCUT2D eigenvalue weighted by molar-refractivity contribution is 0.138. The Kier molecular flexibility index (Phi) is 5.91. The zero-order valence-corrected chi connectivity index (χ0v) is 15.6. The van der Waals surface area contributed by atoms with Gasteiger partial charge < -0.3 is 15.6 Å². The van der Waals surface area contributed by atoms with Crippen molar-refractivity contribution in [3.05, 3.63) is 59.4 Å². The molecule has 0 amide bonds. The van der Waals surface area contributed by atoms with Crippen LogP contribution in [0.4, 0.5) is 8.78 Å². The molecule has 0 saturated heterocycles. The summed E-state index contributed by atoms with van der Waals surface area (Å²) in [6, 6.07) is 5.80. The first-order valence-corrected chi connectivity index (χ1v) is 8.85. The Morgan fingerprint density at radius 1 is 1.22 bits per heavy atom. The molecule has 2 aromatic heterocycles. The van der Waals surface area contributed by atoms with Gasteiger partial charge in [-0.15, -0.1) is 0 Å². The van der Waals surface area contributed by atoms with Crippen molar-refractivity contribution in [3.63, 3.8) is 0 Å². The normalized spacial score (nSPS) is 11.1. The Morgan fingerprint density at radius 3 is 2.74 bits per heavy atom. The summed E-state index contributed by atoms with van der Waals surface area (Å²) in [5, 5.41) is 7.45. The zero-order valence-electron chi connectivity index (χ0n) is 14.8. The van der Waals surface area contributed by atoms with E-state index in [4.69, 9.17) is 11.6 Å². The van der Waals surface area contributed by atoms with Gasteiger partial charge in [0.05, 0.1) is 35.0 Å². The van der Waals surface area contributed by atoms with Crippen LogP contribution in [0, 0.1) is 6.92 Å². The summed E-state index contributed by atoms with van der Waals surface area (Å²) in [4.78, 5) is 12.0. The molecule has 0 aliphatic heterocycles. The number of fused-ring (bicyclic) bond motifs is 1. The van der Waals surface area contributed by atoms with Crippen LogP contribution in [-0.4, -0.2) is 27.9 Å². The SMILES string of the molecule is C=C(NCCC(F)F)NCc1cc2cc(Cl)c(-c3cnc(C)cn3)cc2[nH]1. The van der Waals surface area contributed by atoms with Gasteiger partial charge in [0, 0.05) is 41.3 Å². The molecule has 8 heteroatoms. The number of aromatic amines is 1. The van der Waals surface area contributed by atoms with Crippen molar-refractivity contribution in [2.45, 2.75) is 26.3 Å². The van der Waals surface area contributed by atoms with Gasteiger partial charge >= 0.3 is 0 Å². The van der Waals surface area contributed by atoms with Gasteiger partial charge in [-0.3, -0.25) is 9.97 Å². The van der Waals surface area contributed by atoms with Crippen molar-refractivity contribution in [3.8, 4) is 11.3 Å². The van der Waals surface area contributed by atoms with E-state index in [0.29, 0.717) is 23.1 Å². The quantitative estimate of drug-likeness (QED) is 0.532. The summed E-state index contributed by atoms with van der Waals surface area (Å²) in [5.41, 5.74) is 4.19. The van der Waals surface area contributed by atoms with Crippen LogP contribution >= 0.6 is 11.6 Å². The largest absolute Gasteiger partial charge is 0.372 e. The minimum absolute atomic E-state index is 0.173. The molecule has 3 rings (SSSR count). The molecule has 0 aliphatic rings. The third-order valence-electron chi connectivity index (χ3n) is 4.01. The molecule has 0 unspecified atom stereocenters. The summed E-state index contributed by atoms with van der Waals surface area (Å²) in [5.74, 6) is 0.503. The topological polar surface area (TPSA) is 65.6 Å². The van der Waals surface area contributed by atoms with E-state index >= 15 is 0 Å². The zero-order chi connectivity index (χ0) is 19.4. The number of nitrogens with zero attached hydrogens (tertiary/aromatic N) is 2.